The summed E-state index contributed by atoms with van der Waals surface area (Å²) < 4.78 is 18.3. The molecule has 1 atom stereocenters. The summed E-state index contributed by atoms with van der Waals surface area (Å²) in [5.41, 5.74) is 0.729. The lowest BCUT2D eigenvalue weighted by Crippen LogP contribution is -2.30. The Labute approximate surface area is 127 Å². The van der Waals surface area contributed by atoms with Crippen LogP contribution in [0, 0.1) is 11.7 Å². The van der Waals surface area contributed by atoms with E-state index in [9.17, 15) is 18.8 Å². The molecule has 1 unspecified atom stereocenters. The lowest BCUT2D eigenvalue weighted by Gasteiger charge is -2.08. The highest BCUT2D eigenvalue weighted by Crippen LogP contribution is 2.18. The van der Waals surface area contributed by atoms with Gasteiger partial charge in [0.2, 0.25) is 17.7 Å². The molecule has 1 aliphatic heterocycles. The summed E-state index contributed by atoms with van der Waals surface area (Å²) in [5.74, 6) is -1.93. The van der Waals surface area contributed by atoms with Gasteiger partial charge in [0.15, 0.2) is 11.6 Å². The normalized spacial score (nSPS) is 17.3. The fourth-order valence-electron chi connectivity index (χ4n) is 2.28. The predicted molar refractivity (Wildman–Crippen MR) is 75.5 cm³/mol. The molecule has 1 fully saturated rings. The van der Waals surface area contributed by atoms with Gasteiger partial charge in [-0.15, -0.1) is 0 Å². The second kappa shape index (κ2) is 7.02. The van der Waals surface area contributed by atoms with Crippen molar-refractivity contribution in [1.82, 2.24) is 10.6 Å². The molecule has 0 aromatic heterocycles. The van der Waals surface area contributed by atoms with Crippen molar-refractivity contribution in [2.45, 2.75) is 19.3 Å². The minimum Gasteiger partial charge on any atom is -0.494 e. The Morgan fingerprint density at radius 2 is 2.23 bits per heavy atom. The molecular weight excluding hydrogens is 291 g/mol. The number of amides is 3. The Morgan fingerprint density at radius 1 is 1.45 bits per heavy atom. The number of nitrogens with one attached hydrogen (secondary N) is 2. The molecule has 22 heavy (non-hydrogen) atoms. The van der Waals surface area contributed by atoms with E-state index in [2.05, 4.69) is 10.6 Å². The van der Waals surface area contributed by atoms with Crippen molar-refractivity contribution in [2.75, 3.05) is 13.7 Å². The Hall–Kier alpha value is -2.44. The molecule has 7 heteroatoms. The van der Waals surface area contributed by atoms with Crippen molar-refractivity contribution >= 4 is 17.7 Å². The van der Waals surface area contributed by atoms with Crippen LogP contribution in [0.15, 0.2) is 18.2 Å². The predicted octanol–water partition coefficient (Wildman–Crippen LogP) is 0.546. The standard InChI is InChI=1S/C15H17FN2O4/c1-22-12-3-2-9(6-11(12)16)4-5-17-13(19)7-10-8-14(20)18-15(10)21/h2-3,6,10H,4-5,7-8H2,1H3,(H,17,19)(H,18,20,21). The van der Waals surface area contributed by atoms with Crippen molar-refractivity contribution in [1.29, 1.82) is 0 Å². The van der Waals surface area contributed by atoms with Crippen LogP contribution in [0.4, 0.5) is 4.39 Å². The zero-order chi connectivity index (χ0) is 16.1. The third kappa shape index (κ3) is 4.03. The second-order valence-electron chi connectivity index (χ2n) is 5.09. The second-order valence-corrected chi connectivity index (χ2v) is 5.09. The molecule has 0 radical (unpaired) electrons. The van der Waals surface area contributed by atoms with E-state index in [1.54, 1.807) is 6.07 Å². The first-order valence-electron chi connectivity index (χ1n) is 6.92. The monoisotopic (exact) mass is 308 g/mol. The van der Waals surface area contributed by atoms with Gasteiger partial charge in [-0.25, -0.2) is 4.39 Å². The number of hydrogen-bond donors (Lipinski definition) is 2. The summed E-state index contributed by atoms with van der Waals surface area (Å²) in [6, 6.07) is 4.60. The number of imide groups is 1. The van der Waals surface area contributed by atoms with Crippen LogP contribution in [0.5, 0.6) is 5.75 Å². The summed E-state index contributed by atoms with van der Waals surface area (Å²) in [6.45, 7) is 0.326. The first kappa shape index (κ1) is 15.9. The molecule has 3 amide bonds. The largest absolute Gasteiger partial charge is 0.494 e. The zero-order valence-electron chi connectivity index (χ0n) is 12.1. The molecule has 118 valence electrons. The molecule has 1 heterocycles. The number of halogens is 1. The van der Waals surface area contributed by atoms with Crippen LogP contribution in [0.3, 0.4) is 0 Å². The van der Waals surface area contributed by atoms with Crippen LogP contribution in [0.2, 0.25) is 0 Å². The van der Waals surface area contributed by atoms with Crippen LogP contribution >= 0.6 is 0 Å². The highest BCUT2D eigenvalue weighted by molar-refractivity contribution is 6.04. The average Bonchev–Trinajstić information content (AvgIpc) is 2.77. The third-order valence-corrected chi connectivity index (χ3v) is 3.45. The van der Waals surface area contributed by atoms with Crippen LogP contribution < -0.4 is 15.4 Å². The van der Waals surface area contributed by atoms with E-state index in [1.807, 2.05) is 0 Å². The molecule has 1 aromatic carbocycles. The maximum Gasteiger partial charge on any atom is 0.230 e. The smallest absolute Gasteiger partial charge is 0.230 e. The Morgan fingerprint density at radius 3 is 2.82 bits per heavy atom. The highest BCUT2D eigenvalue weighted by atomic mass is 19.1. The Balaban J connectivity index is 1.76. The maximum absolute atomic E-state index is 13.5. The van der Waals surface area contributed by atoms with Crippen molar-refractivity contribution in [3.8, 4) is 5.75 Å². The van der Waals surface area contributed by atoms with Crippen molar-refractivity contribution in [3.63, 3.8) is 0 Å². The third-order valence-electron chi connectivity index (χ3n) is 3.45. The lowest BCUT2D eigenvalue weighted by atomic mass is 10.0. The van der Waals surface area contributed by atoms with Gasteiger partial charge in [0.05, 0.1) is 13.0 Å². The summed E-state index contributed by atoms with van der Waals surface area (Å²) >= 11 is 0. The minimum atomic E-state index is -0.592. The van der Waals surface area contributed by atoms with Gasteiger partial charge in [0.1, 0.15) is 0 Å². The summed E-state index contributed by atoms with van der Waals surface area (Å²) in [7, 11) is 1.39. The number of carbonyl (C=O) groups excluding carboxylic acids is 3. The number of rotatable bonds is 6. The van der Waals surface area contributed by atoms with Crippen molar-refractivity contribution in [2.24, 2.45) is 5.92 Å². The quantitative estimate of drug-likeness (QED) is 0.752. The van der Waals surface area contributed by atoms with Gasteiger partial charge in [-0.3, -0.25) is 19.7 Å². The van der Waals surface area contributed by atoms with E-state index in [4.69, 9.17) is 4.74 Å². The van der Waals surface area contributed by atoms with E-state index >= 15 is 0 Å². The number of carbonyl (C=O) groups is 3. The van der Waals surface area contributed by atoms with Crippen LogP contribution in [0.1, 0.15) is 18.4 Å². The first-order chi connectivity index (χ1) is 10.5. The van der Waals surface area contributed by atoms with Gasteiger partial charge in [0, 0.05) is 19.4 Å². The Bertz CT molecular complexity index is 603. The number of ether oxygens (including phenoxy) is 1. The van der Waals surface area contributed by atoms with E-state index in [-0.39, 0.29) is 30.4 Å². The molecule has 0 aliphatic carbocycles. The zero-order valence-corrected chi connectivity index (χ0v) is 12.1. The topological polar surface area (TPSA) is 84.5 Å². The number of methoxy groups -OCH3 is 1. The van der Waals surface area contributed by atoms with Crippen molar-refractivity contribution < 1.29 is 23.5 Å². The highest BCUT2D eigenvalue weighted by Gasteiger charge is 2.31. The molecular formula is C15H17FN2O4. The summed E-state index contributed by atoms with van der Waals surface area (Å²) in [6.07, 6.45) is 0.493. The maximum atomic E-state index is 13.5. The lowest BCUT2D eigenvalue weighted by molar-refractivity contribution is -0.129. The van der Waals surface area contributed by atoms with E-state index < -0.39 is 17.6 Å². The molecule has 0 saturated carbocycles. The number of hydrogen-bond acceptors (Lipinski definition) is 4. The molecule has 2 N–H and O–H groups in total. The van der Waals surface area contributed by atoms with Gasteiger partial charge in [-0.05, 0) is 24.1 Å². The summed E-state index contributed by atoms with van der Waals surface area (Å²) in [5, 5.41) is 4.82. The summed E-state index contributed by atoms with van der Waals surface area (Å²) in [4.78, 5) is 34.1. The average molecular weight is 308 g/mol. The van der Waals surface area contributed by atoms with Crippen LogP contribution in [-0.2, 0) is 20.8 Å². The van der Waals surface area contributed by atoms with Crippen LogP contribution in [0.25, 0.3) is 0 Å². The van der Waals surface area contributed by atoms with Gasteiger partial charge in [-0.1, -0.05) is 6.07 Å². The molecule has 1 aliphatic rings. The molecule has 0 bridgehead atoms. The van der Waals surface area contributed by atoms with E-state index in [0.717, 1.165) is 5.56 Å². The fraction of sp³-hybridized carbons (Fsp3) is 0.400. The van der Waals surface area contributed by atoms with Gasteiger partial charge in [0.25, 0.3) is 0 Å². The SMILES string of the molecule is COc1ccc(CCNC(=O)CC2CC(=O)NC2=O)cc1F. The molecule has 1 saturated heterocycles. The Kier molecular flexibility index (Phi) is 5.08. The van der Waals surface area contributed by atoms with Crippen LogP contribution in [-0.4, -0.2) is 31.4 Å². The molecule has 1 aromatic rings. The fourth-order valence-corrected chi connectivity index (χ4v) is 2.28. The number of benzene rings is 1. The first-order valence-corrected chi connectivity index (χ1v) is 6.92. The van der Waals surface area contributed by atoms with E-state index in [0.29, 0.717) is 13.0 Å². The van der Waals surface area contributed by atoms with Gasteiger partial charge < -0.3 is 10.1 Å². The van der Waals surface area contributed by atoms with E-state index in [1.165, 1.54) is 19.2 Å². The van der Waals surface area contributed by atoms with Gasteiger partial charge in [-0.2, -0.15) is 0 Å². The minimum absolute atomic E-state index is 0.0193. The van der Waals surface area contributed by atoms with Gasteiger partial charge >= 0.3 is 0 Å². The molecule has 2 rings (SSSR count). The molecule has 6 nitrogen and oxygen atoms in total. The van der Waals surface area contributed by atoms with Crippen molar-refractivity contribution in [3.05, 3.63) is 29.6 Å². The molecule has 0 spiro atoms.